The van der Waals surface area contributed by atoms with Gasteiger partial charge >= 0.3 is 0 Å². The Kier molecular flexibility index (Phi) is 3.50. The molecule has 0 spiro atoms. The molecular weight excluding hydrogens is 247 g/mol. The maximum atomic E-state index is 13.2. The molecule has 0 atom stereocenters. The minimum Gasteiger partial charge on any atom is -0.382 e. The lowest BCUT2D eigenvalue weighted by atomic mass is 10.2. The van der Waals surface area contributed by atoms with Crippen LogP contribution in [0.4, 0.5) is 15.9 Å². The van der Waals surface area contributed by atoms with Crippen LogP contribution in [0.3, 0.4) is 0 Å². The molecule has 0 unspecified atom stereocenters. The number of nitrogens with one attached hydrogen (secondary N) is 1. The van der Waals surface area contributed by atoms with Gasteiger partial charge in [-0.3, -0.25) is 9.89 Å². The van der Waals surface area contributed by atoms with Crippen molar-refractivity contribution in [2.75, 3.05) is 17.2 Å². The van der Waals surface area contributed by atoms with E-state index in [2.05, 4.69) is 10.2 Å². The van der Waals surface area contributed by atoms with Gasteiger partial charge in [-0.1, -0.05) is 6.07 Å². The second-order valence-electron chi connectivity index (χ2n) is 4.14. The normalized spacial score (nSPS) is 10.5. The van der Waals surface area contributed by atoms with Crippen molar-refractivity contribution >= 4 is 17.4 Å². The van der Waals surface area contributed by atoms with Crippen molar-refractivity contribution in [2.24, 2.45) is 0 Å². The van der Waals surface area contributed by atoms with Crippen LogP contribution in [0.5, 0.6) is 0 Å². The first-order chi connectivity index (χ1) is 9.04. The first-order valence-electron chi connectivity index (χ1n) is 5.92. The summed E-state index contributed by atoms with van der Waals surface area (Å²) in [7, 11) is 0. The van der Waals surface area contributed by atoms with Crippen LogP contribution in [0.25, 0.3) is 0 Å². The Morgan fingerprint density at radius 1 is 1.53 bits per heavy atom. The van der Waals surface area contributed by atoms with Crippen molar-refractivity contribution in [3.05, 3.63) is 41.3 Å². The Bertz CT molecular complexity index is 589. The predicted molar refractivity (Wildman–Crippen MR) is 71.5 cm³/mol. The molecule has 1 heterocycles. The third-order valence-corrected chi connectivity index (χ3v) is 2.87. The third-order valence-electron chi connectivity index (χ3n) is 2.87. The molecule has 0 fully saturated rings. The van der Waals surface area contributed by atoms with Gasteiger partial charge < -0.3 is 10.6 Å². The van der Waals surface area contributed by atoms with E-state index in [0.717, 1.165) is 0 Å². The number of halogens is 1. The average Bonchev–Trinajstić information content (AvgIpc) is 2.70. The molecule has 0 radical (unpaired) electrons. The molecule has 1 amide bonds. The Morgan fingerprint density at radius 3 is 2.79 bits per heavy atom. The Morgan fingerprint density at radius 2 is 2.26 bits per heavy atom. The highest BCUT2D eigenvalue weighted by Gasteiger charge is 2.22. The zero-order valence-electron chi connectivity index (χ0n) is 10.8. The van der Waals surface area contributed by atoms with Crippen LogP contribution in [0.2, 0.25) is 0 Å². The number of nitrogens with zero attached hydrogens (tertiary/aromatic N) is 2. The summed E-state index contributed by atoms with van der Waals surface area (Å²) in [6.45, 7) is 3.94. The first kappa shape index (κ1) is 13.1. The summed E-state index contributed by atoms with van der Waals surface area (Å²) in [4.78, 5) is 13.9. The van der Waals surface area contributed by atoms with Gasteiger partial charge in [-0.05, 0) is 32.0 Å². The van der Waals surface area contributed by atoms with Gasteiger partial charge in [0.15, 0.2) is 5.82 Å². The number of nitrogen functional groups attached to an aromatic ring is 1. The number of aryl methyl sites for hydroxylation is 1. The number of hydrogen-bond donors (Lipinski definition) is 2. The molecule has 0 saturated heterocycles. The number of aromatic nitrogens is 2. The second-order valence-corrected chi connectivity index (χ2v) is 4.14. The highest BCUT2D eigenvalue weighted by atomic mass is 19.1. The summed E-state index contributed by atoms with van der Waals surface area (Å²) < 4.78 is 13.2. The molecule has 3 N–H and O–H groups in total. The number of hydrogen-bond acceptors (Lipinski definition) is 3. The van der Waals surface area contributed by atoms with Crippen molar-refractivity contribution in [1.29, 1.82) is 0 Å². The third kappa shape index (κ3) is 2.42. The molecule has 0 aliphatic carbocycles. The molecule has 2 aromatic rings. The second kappa shape index (κ2) is 5.09. The van der Waals surface area contributed by atoms with Gasteiger partial charge in [0.2, 0.25) is 0 Å². The summed E-state index contributed by atoms with van der Waals surface area (Å²) in [6.07, 6.45) is 0. The quantitative estimate of drug-likeness (QED) is 0.889. The number of carbonyl (C=O) groups is 1. The molecule has 1 aromatic carbocycles. The van der Waals surface area contributed by atoms with E-state index in [1.807, 2.05) is 6.92 Å². The van der Waals surface area contributed by atoms with Crippen LogP contribution >= 0.6 is 0 Å². The Hall–Kier alpha value is -2.37. The lowest BCUT2D eigenvalue weighted by molar-refractivity contribution is 0.0988. The van der Waals surface area contributed by atoms with Crippen molar-refractivity contribution in [3.8, 4) is 0 Å². The zero-order chi connectivity index (χ0) is 14.0. The van der Waals surface area contributed by atoms with E-state index in [9.17, 15) is 9.18 Å². The molecule has 2 rings (SSSR count). The molecule has 19 heavy (non-hydrogen) atoms. The Labute approximate surface area is 110 Å². The fourth-order valence-electron chi connectivity index (χ4n) is 1.94. The van der Waals surface area contributed by atoms with Crippen molar-refractivity contribution in [1.82, 2.24) is 10.2 Å². The molecule has 6 heteroatoms. The molecular formula is C13H15FN4O. The lowest BCUT2D eigenvalue weighted by Crippen LogP contribution is -2.31. The largest absolute Gasteiger partial charge is 0.382 e. The molecule has 0 bridgehead atoms. The fraction of sp³-hybridized carbons (Fsp3) is 0.231. The molecule has 0 saturated carbocycles. The minimum absolute atomic E-state index is 0.150. The Balaban J connectivity index is 2.40. The van der Waals surface area contributed by atoms with Crippen LogP contribution in [0.15, 0.2) is 24.3 Å². The van der Waals surface area contributed by atoms with E-state index in [-0.39, 0.29) is 17.5 Å². The number of H-pyrrole nitrogens is 1. The lowest BCUT2D eigenvalue weighted by Gasteiger charge is -2.21. The van der Waals surface area contributed by atoms with E-state index in [1.165, 1.54) is 17.0 Å². The summed E-state index contributed by atoms with van der Waals surface area (Å²) in [5.41, 5.74) is 7.09. The smallest absolute Gasteiger partial charge is 0.263 e. The fourth-order valence-corrected chi connectivity index (χ4v) is 1.94. The van der Waals surface area contributed by atoms with Crippen LogP contribution in [0, 0.1) is 12.7 Å². The van der Waals surface area contributed by atoms with Crippen LogP contribution in [0.1, 0.15) is 23.0 Å². The van der Waals surface area contributed by atoms with Crippen LogP contribution in [-0.4, -0.2) is 22.6 Å². The first-order valence-corrected chi connectivity index (χ1v) is 5.92. The number of anilines is 2. The average molecular weight is 262 g/mol. The molecule has 0 aliphatic rings. The summed E-state index contributed by atoms with van der Waals surface area (Å²) in [5, 5.41) is 6.46. The minimum atomic E-state index is -0.388. The standard InChI is InChI=1S/C13H15FN4O/c1-3-18(10-6-4-5-9(14)7-10)13(19)11-8(2)16-17-12(11)15/h4-7H,3H2,1-2H3,(H3,15,16,17). The van der Waals surface area contributed by atoms with E-state index in [0.29, 0.717) is 23.5 Å². The maximum Gasteiger partial charge on any atom is 0.263 e. The number of aromatic amines is 1. The topological polar surface area (TPSA) is 75.0 Å². The molecule has 100 valence electrons. The van der Waals surface area contributed by atoms with Gasteiger partial charge in [0, 0.05) is 17.9 Å². The number of nitrogens with two attached hydrogens (primary N) is 1. The maximum absolute atomic E-state index is 13.2. The number of carbonyl (C=O) groups excluding carboxylic acids is 1. The van der Waals surface area contributed by atoms with E-state index in [4.69, 9.17) is 5.73 Å². The summed E-state index contributed by atoms with van der Waals surface area (Å²) >= 11 is 0. The predicted octanol–water partition coefficient (Wildman–Crippen LogP) is 2.11. The molecule has 1 aromatic heterocycles. The van der Waals surface area contributed by atoms with Crippen LogP contribution in [-0.2, 0) is 0 Å². The molecule has 0 aliphatic heterocycles. The van der Waals surface area contributed by atoms with Gasteiger partial charge in [-0.2, -0.15) is 5.10 Å². The SMILES string of the molecule is CCN(C(=O)c1c(N)n[nH]c1C)c1cccc(F)c1. The van der Waals surface area contributed by atoms with Crippen molar-refractivity contribution in [3.63, 3.8) is 0 Å². The van der Waals surface area contributed by atoms with Crippen LogP contribution < -0.4 is 10.6 Å². The van der Waals surface area contributed by atoms with E-state index in [1.54, 1.807) is 19.1 Å². The van der Waals surface area contributed by atoms with Gasteiger partial charge in [0.25, 0.3) is 5.91 Å². The monoisotopic (exact) mass is 262 g/mol. The van der Waals surface area contributed by atoms with Gasteiger partial charge in [0.05, 0.1) is 0 Å². The van der Waals surface area contributed by atoms with Crippen molar-refractivity contribution < 1.29 is 9.18 Å². The highest BCUT2D eigenvalue weighted by Crippen LogP contribution is 2.21. The highest BCUT2D eigenvalue weighted by molar-refractivity contribution is 6.09. The van der Waals surface area contributed by atoms with Crippen molar-refractivity contribution in [2.45, 2.75) is 13.8 Å². The van der Waals surface area contributed by atoms with Gasteiger partial charge in [-0.25, -0.2) is 4.39 Å². The van der Waals surface area contributed by atoms with Gasteiger partial charge in [-0.15, -0.1) is 0 Å². The zero-order valence-corrected chi connectivity index (χ0v) is 10.8. The van der Waals surface area contributed by atoms with E-state index < -0.39 is 0 Å². The number of benzene rings is 1. The summed E-state index contributed by atoms with van der Waals surface area (Å²) in [6, 6.07) is 5.88. The summed E-state index contributed by atoms with van der Waals surface area (Å²) in [5.74, 6) is -0.533. The number of rotatable bonds is 3. The number of amides is 1. The molecule has 5 nitrogen and oxygen atoms in total. The van der Waals surface area contributed by atoms with E-state index >= 15 is 0 Å². The van der Waals surface area contributed by atoms with Gasteiger partial charge in [0.1, 0.15) is 11.4 Å².